The zero-order valence-corrected chi connectivity index (χ0v) is 10.3. The van der Waals surface area contributed by atoms with Crippen LogP contribution >= 0.6 is 0 Å². The second-order valence-corrected chi connectivity index (χ2v) is 3.98. The molecule has 1 saturated heterocycles. The number of rotatable bonds is 4. The number of nitrogens with zero attached hydrogens (tertiary/aromatic N) is 1. The smallest absolute Gasteiger partial charge is 0.316 e. The van der Waals surface area contributed by atoms with E-state index < -0.39 is 6.10 Å². The Morgan fingerprint density at radius 3 is 2.65 bits per heavy atom. The fraction of sp³-hybridized carbons (Fsp3) is 0.800. The molecule has 0 saturated carbocycles. The molecule has 1 heterocycles. The molecule has 1 aliphatic rings. The summed E-state index contributed by atoms with van der Waals surface area (Å²) in [6, 6.07) is -0.171. The third-order valence-electron chi connectivity index (χ3n) is 2.33. The van der Waals surface area contributed by atoms with Gasteiger partial charge in [0.05, 0.1) is 6.61 Å². The van der Waals surface area contributed by atoms with Crippen molar-refractivity contribution in [1.29, 1.82) is 0 Å². The van der Waals surface area contributed by atoms with E-state index in [1.807, 2.05) is 0 Å². The minimum Gasteiger partial charge on any atom is -0.366 e. The Balaban J connectivity index is 2.09. The van der Waals surface area contributed by atoms with Crippen LogP contribution in [-0.2, 0) is 9.53 Å². The van der Waals surface area contributed by atoms with Crippen LogP contribution in [0.5, 0.6) is 0 Å². The van der Waals surface area contributed by atoms with Crippen LogP contribution < -0.4 is 16.0 Å². The number of carbonyl (C=O) groups is 2. The van der Waals surface area contributed by atoms with E-state index in [0.29, 0.717) is 26.2 Å². The molecule has 17 heavy (non-hydrogen) atoms. The van der Waals surface area contributed by atoms with Crippen LogP contribution in [0, 0.1) is 0 Å². The lowest BCUT2D eigenvalue weighted by Crippen LogP contribution is -2.49. The molecular formula is C10H20N4O3. The number of amides is 3. The molecule has 0 spiro atoms. The molecule has 98 valence electrons. The number of hydrogen-bond acceptors (Lipinski definition) is 4. The van der Waals surface area contributed by atoms with Crippen LogP contribution in [0.15, 0.2) is 0 Å². The Labute approximate surface area is 101 Å². The number of hydrogen-bond donors (Lipinski definition) is 3. The molecule has 1 unspecified atom stereocenters. The molecule has 1 rings (SSSR count). The third-order valence-corrected chi connectivity index (χ3v) is 2.33. The molecule has 0 aliphatic carbocycles. The van der Waals surface area contributed by atoms with Gasteiger partial charge in [-0.15, -0.1) is 0 Å². The molecule has 7 nitrogen and oxygen atoms in total. The van der Waals surface area contributed by atoms with Gasteiger partial charge in [0, 0.05) is 40.3 Å². The van der Waals surface area contributed by atoms with Crippen LogP contribution in [0.1, 0.15) is 0 Å². The van der Waals surface area contributed by atoms with Crippen LogP contribution in [0.3, 0.4) is 0 Å². The third kappa shape index (κ3) is 5.01. The average molecular weight is 244 g/mol. The highest BCUT2D eigenvalue weighted by Crippen LogP contribution is 1.95. The maximum Gasteiger partial charge on any atom is 0.316 e. The zero-order chi connectivity index (χ0) is 12.7. The largest absolute Gasteiger partial charge is 0.366 e. The molecule has 1 atom stereocenters. The molecule has 0 radical (unpaired) electrons. The predicted octanol–water partition coefficient (Wildman–Crippen LogP) is -1.64. The number of ether oxygens (including phenoxy) is 1. The normalized spacial score (nSPS) is 19.5. The first kappa shape index (κ1) is 13.7. The van der Waals surface area contributed by atoms with E-state index in [0.717, 1.165) is 6.54 Å². The van der Waals surface area contributed by atoms with E-state index in [-0.39, 0.29) is 11.9 Å². The summed E-state index contributed by atoms with van der Waals surface area (Å²) in [4.78, 5) is 24.2. The Morgan fingerprint density at radius 1 is 1.35 bits per heavy atom. The van der Waals surface area contributed by atoms with Gasteiger partial charge in [-0.3, -0.25) is 4.79 Å². The van der Waals surface area contributed by atoms with Crippen molar-refractivity contribution in [3.63, 3.8) is 0 Å². The van der Waals surface area contributed by atoms with Crippen LogP contribution in [0.2, 0.25) is 0 Å². The Hall–Kier alpha value is -1.34. The van der Waals surface area contributed by atoms with Crippen molar-refractivity contribution in [3.05, 3.63) is 0 Å². The van der Waals surface area contributed by atoms with Gasteiger partial charge in [0.15, 0.2) is 0 Å². The quantitative estimate of drug-likeness (QED) is 0.518. The fourth-order valence-electron chi connectivity index (χ4n) is 1.36. The van der Waals surface area contributed by atoms with Gasteiger partial charge in [-0.2, -0.15) is 0 Å². The first-order valence-electron chi connectivity index (χ1n) is 5.66. The second kappa shape index (κ2) is 7.08. The van der Waals surface area contributed by atoms with Gasteiger partial charge in [-0.1, -0.05) is 0 Å². The van der Waals surface area contributed by atoms with E-state index in [9.17, 15) is 9.59 Å². The first-order chi connectivity index (χ1) is 8.11. The lowest BCUT2D eigenvalue weighted by Gasteiger charge is -2.22. The summed E-state index contributed by atoms with van der Waals surface area (Å²) in [7, 11) is 3.32. The van der Waals surface area contributed by atoms with E-state index in [2.05, 4.69) is 16.0 Å². The highest BCUT2D eigenvalue weighted by Gasteiger charge is 2.20. The van der Waals surface area contributed by atoms with Crippen molar-refractivity contribution >= 4 is 11.9 Å². The summed E-state index contributed by atoms with van der Waals surface area (Å²) in [6.07, 6.45) is -0.423. The first-order valence-corrected chi connectivity index (χ1v) is 5.66. The van der Waals surface area contributed by atoms with Gasteiger partial charge in [-0.25, -0.2) is 4.79 Å². The Bertz CT molecular complexity index is 264. The van der Waals surface area contributed by atoms with Gasteiger partial charge < -0.3 is 25.6 Å². The zero-order valence-electron chi connectivity index (χ0n) is 10.3. The molecule has 0 bridgehead atoms. The lowest BCUT2D eigenvalue weighted by molar-refractivity contribution is -0.134. The van der Waals surface area contributed by atoms with Crippen LogP contribution in [0.25, 0.3) is 0 Å². The summed E-state index contributed by atoms with van der Waals surface area (Å²) in [5.41, 5.74) is 0. The van der Waals surface area contributed by atoms with Crippen molar-refractivity contribution in [2.24, 2.45) is 0 Å². The maximum absolute atomic E-state index is 11.6. The standard InChI is InChI=1S/C10H20N4O3/c1-14(2)10(16)13-4-3-12-9(15)8-7-11-5-6-17-8/h8,11H,3-7H2,1-2H3,(H,12,15)(H,13,16). The predicted molar refractivity (Wildman–Crippen MR) is 62.7 cm³/mol. The molecule has 0 aromatic rings. The molecule has 1 aliphatic heterocycles. The van der Waals surface area contributed by atoms with Crippen molar-refractivity contribution in [3.8, 4) is 0 Å². The van der Waals surface area contributed by atoms with Gasteiger partial charge >= 0.3 is 6.03 Å². The summed E-state index contributed by atoms with van der Waals surface area (Å²) in [6.45, 7) is 2.68. The molecular weight excluding hydrogens is 224 g/mol. The number of morpholine rings is 1. The highest BCUT2D eigenvalue weighted by atomic mass is 16.5. The summed E-state index contributed by atoms with van der Waals surface area (Å²) in [5.74, 6) is -0.142. The average Bonchev–Trinajstić information content (AvgIpc) is 2.35. The van der Waals surface area contributed by atoms with Gasteiger partial charge in [-0.05, 0) is 0 Å². The van der Waals surface area contributed by atoms with Gasteiger partial charge in [0.25, 0.3) is 5.91 Å². The lowest BCUT2D eigenvalue weighted by atomic mass is 10.3. The summed E-state index contributed by atoms with van der Waals surface area (Å²) in [5, 5.41) is 8.44. The topological polar surface area (TPSA) is 82.7 Å². The minimum atomic E-state index is -0.423. The SMILES string of the molecule is CN(C)C(=O)NCCNC(=O)C1CNCCO1. The molecule has 0 aromatic carbocycles. The van der Waals surface area contributed by atoms with Crippen LogP contribution in [-0.4, -0.2) is 69.8 Å². The molecule has 7 heteroatoms. The highest BCUT2D eigenvalue weighted by molar-refractivity contribution is 5.81. The van der Waals surface area contributed by atoms with Crippen LogP contribution in [0.4, 0.5) is 4.79 Å². The maximum atomic E-state index is 11.6. The molecule has 0 aromatic heterocycles. The van der Waals surface area contributed by atoms with E-state index in [1.54, 1.807) is 14.1 Å². The summed E-state index contributed by atoms with van der Waals surface area (Å²) >= 11 is 0. The summed E-state index contributed by atoms with van der Waals surface area (Å²) < 4.78 is 5.29. The van der Waals surface area contributed by atoms with Gasteiger partial charge in [0.1, 0.15) is 6.10 Å². The van der Waals surface area contributed by atoms with E-state index in [1.165, 1.54) is 4.90 Å². The van der Waals surface area contributed by atoms with Crippen molar-refractivity contribution in [1.82, 2.24) is 20.9 Å². The monoisotopic (exact) mass is 244 g/mol. The second-order valence-electron chi connectivity index (χ2n) is 3.98. The van der Waals surface area contributed by atoms with E-state index in [4.69, 9.17) is 4.74 Å². The Kier molecular flexibility index (Phi) is 5.71. The number of urea groups is 1. The van der Waals surface area contributed by atoms with Crippen molar-refractivity contribution in [2.75, 3.05) is 46.9 Å². The minimum absolute atomic E-state index is 0.142. The fourth-order valence-corrected chi connectivity index (χ4v) is 1.36. The van der Waals surface area contributed by atoms with E-state index >= 15 is 0 Å². The number of carbonyl (C=O) groups excluding carboxylic acids is 2. The molecule has 3 amide bonds. The number of nitrogens with one attached hydrogen (secondary N) is 3. The Morgan fingerprint density at radius 2 is 2.06 bits per heavy atom. The van der Waals surface area contributed by atoms with Crippen molar-refractivity contribution in [2.45, 2.75) is 6.10 Å². The molecule has 1 fully saturated rings. The van der Waals surface area contributed by atoms with Crippen molar-refractivity contribution < 1.29 is 14.3 Å². The molecule has 3 N–H and O–H groups in total. The van der Waals surface area contributed by atoms with Gasteiger partial charge in [0.2, 0.25) is 0 Å².